The van der Waals surface area contributed by atoms with Crippen molar-refractivity contribution in [3.8, 4) is 5.75 Å². The van der Waals surface area contributed by atoms with Gasteiger partial charge in [0.05, 0.1) is 57.0 Å². The molecule has 0 unspecified atom stereocenters. The van der Waals surface area contributed by atoms with Crippen molar-refractivity contribution in [3.05, 3.63) is 147 Å². The van der Waals surface area contributed by atoms with E-state index in [0.29, 0.717) is 10.9 Å². The van der Waals surface area contributed by atoms with Crippen LogP contribution in [0.3, 0.4) is 0 Å². The summed E-state index contributed by atoms with van der Waals surface area (Å²) in [6, 6.07) is -0.363. The third kappa shape index (κ3) is 14.7. The Morgan fingerprint density at radius 2 is 0.528 bits per heavy atom. The monoisotopic (exact) mass is 1090 g/mol. The number of benzene rings is 5. The minimum Gasteiger partial charge on any atom is -0.488 e. The second-order valence-electron chi connectivity index (χ2n) is 17.2. The molecular formula is C45H33BF24OS. The van der Waals surface area contributed by atoms with Crippen molar-refractivity contribution in [2.75, 3.05) is 12.5 Å². The van der Waals surface area contributed by atoms with Crippen molar-refractivity contribution in [2.45, 2.75) is 81.5 Å². The molecule has 5 rings (SSSR count). The number of rotatable bonds is 7. The van der Waals surface area contributed by atoms with Crippen LogP contribution in [0.5, 0.6) is 5.75 Å². The topological polar surface area (TPSA) is 9.23 Å². The average Bonchev–Trinajstić information content (AvgIpc) is 3.18. The Balaban J connectivity index is 0.000000639. The van der Waals surface area contributed by atoms with Crippen molar-refractivity contribution in [1.82, 2.24) is 0 Å². The van der Waals surface area contributed by atoms with Gasteiger partial charge in [-0.3, -0.25) is 0 Å². The van der Waals surface area contributed by atoms with E-state index >= 15 is 0 Å². The Hall–Kier alpha value is -5.37. The Kier molecular flexibility index (Phi) is 16.3. The number of alkyl halides is 24. The van der Waals surface area contributed by atoms with E-state index in [2.05, 4.69) is 57.5 Å². The quantitative estimate of drug-likeness (QED) is 0.0897. The molecule has 5 aromatic carbocycles. The predicted molar refractivity (Wildman–Crippen MR) is 220 cm³/mol. The van der Waals surface area contributed by atoms with Crippen LogP contribution in [0, 0.1) is 0 Å². The molecule has 0 amide bonds. The first-order valence-electron chi connectivity index (χ1n) is 19.8. The zero-order chi connectivity index (χ0) is 55.4. The summed E-state index contributed by atoms with van der Waals surface area (Å²) in [6.45, 7) is 6.20. The summed E-state index contributed by atoms with van der Waals surface area (Å²) in [5.74, 6) is 2.12. The van der Waals surface area contributed by atoms with Gasteiger partial charge >= 0.3 is 49.4 Å². The van der Waals surface area contributed by atoms with E-state index in [1.165, 1.54) is 5.56 Å². The molecule has 27 heteroatoms. The van der Waals surface area contributed by atoms with E-state index in [4.69, 9.17) is 4.74 Å². The van der Waals surface area contributed by atoms with Crippen LogP contribution in [0.25, 0.3) is 0 Å². The average molecular weight is 1090 g/mol. The third-order valence-corrected chi connectivity index (χ3v) is 11.2. The molecule has 0 bridgehead atoms. The van der Waals surface area contributed by atoms with Gasteiger partial charge in [0.15, 0.2) is 0 Å². The lowest BCUT2D eigenvalue weighted by molar-refractivity contribution is -0.144. The molecule has 0 saturated carbocycles. The first-order valence-corrected chi connectivity index (χ1v) is 22.0. The molecular weight excluding hydrogens is 1060 g/mol. The molecule has 0 fully saturated rings. The fourth-order valence-corrected chi connectivity index (χ4v) is 8.27. The summed E-state index contributed by atoms with van der Waals surface area (Å²) in [7, 11) is 0.467. The summed E-state index contributed by atoms with van der Waals surface area (Å²) in [6.07, 6.45) is -50.3. The van der Waals surface area contributed by atoms with Crippen LogP contribution < -0.4 is 26.6 Å². The van der Waals surface area contributed by atoms with E-state index in [9.17, 15) is 105 Å². The molecule has 0 aromatic heterocycles. The lowest BCUT2D eigenvalue weighted by Gasteiger charge is -2.46. The fraction of sp³-hybridized carbons (Fsp3) is 0.333. The van der Waals surface area contributed by atoms with Crippen LogP contribution in [0.4, 0.5) is 105 Å². The molecule has 72 heavy (non-hydrogen) atoms. The smallest absolute Gasteiger partial charge is 0.416 e. The van der Waals surface area contributed by atoms with Crippen LogP contribution in [0.1, 0.15) is 70.8 Å². The van der Waals surface area contributed by atoms with Gasteiger partial charge in [0, 0.05) is 5.56 Å². The van der Waals surface area contributed by atoms with E-state index in [0.717, 1.165) is 11.5 Å². The van der Waals surface area contributed by atoms with Crippen LogP contribution in [0.15, 0.2) is 97.1 Å². The highest BCUT2D eigenvalue weighted by atomic mass is 32.2. The Morgan fingerprint density at radius 1 is 0.333 bits per heavy atom. The SMILES string of the molecule is C[S+](C)Cc1ccc(OC(C)(C)C)cc1.FC(F)(F)c1cc([B-](c2cc(C(F)(F)F)cc(C(F)(F)F)c2)(c2cc(C(F)(F)F)cc(C(F)(F)F)c2)c2cc(C(F)(F)F)cc(C(F)(F)F)c2)cc(C(F)(F)F)c1. The van der Waals surface area contributed by atoms with Crippen molar-refractivity contribution < 1.29 is 110 Å². The van der Waals surface area contributed by atoms with E-state index in [1.807, 2.05) is 0 Å². The Labute approximate surface area is 395 Å². The summed E-state index contributed by atoms with van der Waals surface area (Å²) in [4.78, 5) is 0. The molecule has 5 aromatic rings. The molecule has 396 valence electrons. The van der Waals surface area contributed by atoms with Crippen LogP contribution in [0.2, 0.25) is 0 Å². The molecule has 0 aliphatic carbocycles. The van der Waals surface area contributed by atoms with Gasteiger partial charge in [0.1, 0.15) is 23.2 Å². The molecule has 0 aliphatic rings. The summed E-state index contributed by atoms with van der Waals surface area (Å²) in [5, 5.41) is 0. The van der Waals surface area contributed by atoms with Gasteiger partial charge in [-0.25, -0.2) is 0 Å². The fourth-order valence-electron chi connectivity index (χ4n) is 7.41. The Morgan fingerprint density at radius 3 is 0.681 bits per heavy atom. The van der Waals surface area contributed by atoms with Gasteiger partial charge in [0.25, 0.3) is 0 Å². The normalized spacial score (nSPS) is 13.8. The van der Waals surface area contributed by atoms with Gasteiger partial charge in [-0.1, -0.05) is 60.7 Å². The van der Waals surface area contributed by atoms with Crippen molar-refractivity contribution in [2.24, 2.45) is 0 Å². The molecule has 0 radical (unpaired) electrons. The number of ether oxygens (including phenoxy) is 1. The number of hydrogen-bond acceptors (Lipinski definition) is 1. The maximum absolute atomic E-state index is 14.2. The first-order chi connectivity index (χ1) is 32.1. The van der Waals surface area contributed by atoms with E-state index in [-0.39, 0.29) is 5.60 Å². The zero-order valence-corrected chi connectivity index (χ0v) is 37.7. The standard InChI is InChI=1S/C32H12BF24.C13H21OS/c34-25(35,36)13-1-14(26(37,38)39)6-21(5-13)33(22-7-15(27(40,41)42)2-16(8-22)28(43,44)45,23-9-17(29(46,47)48)3-18(10-23)30(49,50)51)24-11-19(31(52,53)54)4-20(12-24)32(55,56)57;1-13(2,3)14-12-8-6-11(7-9-12)10-15(4)5/h1-12H;6-9H,10H2,1-5H3/q-1;+1. The van der Waals surface area contributed by atoms with Gasteiger partial charge in [-0.15, -0.1) is 0 Å². The maximum atomic E-state index is 14.2. The van der Waals surface area contributed by atoms with Crippen LogP contribution in [-0.2, 0) is 66.1 Å². The zero-order valence-electron chi connectivity index (χ0n) is 36.9. The van der Waals surface area contributed by atoms with Gasteiger partial charge in [-0.2, -0.15) is 127 Å². The number of halogens is 24. The molecule has 0 saturated heterocycles. The minimum absolute atomic E-state index is 0.110. The van der Waals surface area contributed by atoms with Crippen molar-refractivity contribution in [1.29, 1.82) is 0 Å². The largest absolute Gasteiger partial charge is 0.488 e. The third-order valence-electron chi connectivity index (χ3n) is 10.2. The summed E-state index contributed by atoms with van der Waals surface area (Å²) < 4.78 is 347. The lowest BCUT2D eigenvalue weighted by atomic mass is 9.12. The Bertz CT molecular complexity index is 2260. The molecule has 1 nitrogen and oxygen atoms in total. The molecule has 0 heterocycles. The molecule has 0 N–H and O–H groups in total. The predicted octanol–water partition coefficient (Wildman–Crippen LogP) is 14.5. The summed E-state index contributed by atoms with van der Waals surface area (Å²) in [5.41, 5.74) is -28.9. The van der Waals surface area contributed by atoms with Gasteiger partial charge in [0.2, 0.25) is 0 Å². The van der Waals surface area contributed by atoms with Crippen molar-refractivity contribution >= 4 is 38.9 Å². The minimum atomic E-state index is -6.13. The van der Waals surface area contributed by atoms with Gasteiger partial charge < -0.3 is 4.74 Å². The highest BCUT2D eigenvalue weighted by Gasteiger charge is 2.47. The number of hydrogen-bond donors (Lipinski definition) is 0. The first kappa shape index (κ1) is 59.2. The van der Waals surface area contributed by atoms with Crippen molar-refractivity contribution in [3.63, 3.8) is 0 Å². The lowest BCUT2D eigenvalue weighted by Crippen LogP contribution is -2.75. The van der Waals surface area contributed by atoms with Crippen LogP contribution >= 0.6 is 0 Å². The van der Waals surface area contributed by atoms with E-state index in [1.54, 1.807) is 0 Å². The van der Waals surface area contributed by atoms with Crippen LogP contribution in [-0.4, -0.2) is 24.3 Å². The van der Waals surface area contributed by atoms with Gasteiger partial charge in [-0.05, 0) is 68.1 Å². The van der Waals surface area contributed by atoms with E-state index < -0.39 is 195 Å². The molecule has 0 aliphatic heterocycles. The highest BCUT2D eigenvalue weighted by molar-refractivity contribution is 7.94. The summed E-state index contributed by atoms with van der Waals surface area (Å²) >= 11 is 0. The second kappa shape index (κ2) is 19.8. The second-order valence-corrected chi connectivity index (χ2v) is 19.5. The highest BCUT2D eigenvalue weighted by Crippen LogP contribution is 2.41. The maximum Gasteiger partial charge on any atom is 0.416 e. The molecule has 0 spiro atoms. The molecule has 0 atom stereocenters.